The summed E-state index contributed by atoms with van der Waals surface area (Å²) in [6.07, 6.45) is 0.787. The number of hydrogen-bond acceptors (Lipinski definition) is 8. The van der Waals surface area contributed by atoms with Gasteiger partial charge < -0.3 is 20.1 Å². The van der Waals surface area contributed by atoms with Crippen molar-refractivity contribution in [3.8, 4) is 0 Å². The highest BCUT2D eigenvalue weighted by Gasteiger charge is 2.18. The fourth-order valence-electron chi connectivity index (χ4n) is 2.06. The van der Waals surface area contributed by atoms with Crippen LogP contribution in [0.1, 0.15) is 31.1 Å². The van der Waals surface area contributed by atoms with E-state index in [-0.39, 0.29) is 10.7 Å². The van der Waals surface area contributed by atoms with Crippen LogP contribution in [-0.2, 0) is 9.47 Å². The summed E-state index contributed by atoms with van der Waals surface area (Å²) >= 11 is 5.99. The van der Waals surface area contributed by atoms with Crippen LogP contribution >= 0.6 is 11.6 Å². The SMILES string of the molecule is COC(=O)c1cc(Cl)nc2c(NCCNC(=O)OC(C)(C)C)ncnc12. The fraction of sp³-hybridized carbons (Fsp3) is 0.438. The number of nitrogens with one attached hydrogen (secondary N) is 2. The molecule has 0 aliphatic rings. The maximum atomic E-state index is 11.9. The normalized spacial score (nSPS) is 11.1. The van der Waals surface area contributed by atoms with Gasteiger partial charge in [-0.3, -0.25) is 0 Å². The number of aromatic nitrogens is 3. The molecular weight excluding hydrogens is 362 g/mol. The van der Waals surface area contributed by atoms with E-state index in [4.69, 9.17) is 21.1 Å². The molecule has 9 nitrogen and oxygen atoms in total. The largest absolute Gasteiger partial charge is 0.465 e. The van der Waals surface area contributed by atoms with Gasteiger partial charge in [0.05, 0.1) is 12.7 Å². The standard InChI is InChI=1S/C16H20ClN5O4/c1-16(2,3)26-15(24)19-6-5-18-13-12-11(20-8-21-13)9(14(23)25-4)7-10(17)22-12/h7-8H,5-6H2,1-4H3,(H,19,24)(H,18,20,21). The highest BCUT2D eigenvalue weighted by atomic mass is 35.5. The number of esters is 1. The van der Waals surface area contributed by atoms with Crippen LogP contribution in [0, 0.1) is 0 Å². The average molecular weight is 382 g/mol. The lowest BCUT2D eigenvalue weighted by molar-refractivity contribution is 0.0528. The number of carbonyl (C=O) groups excluding carboxylic acids is 2. The lowest BCUT2D eigenvalue weighted by Gasteiger charge is -2.19. The van der Waals surface area contributed by atoms with E-state index in [0.717, 1.165) is 0 Å². The summed E-state index contributed by atoms with van der Waals surface area (Å²) in [7, 11) is 1.27. The third-order valence-electron chi connectivity index (χ3n) is 3.05. The molecule has 2 heterocycles. The number of pyridine rings is 1. The Labute approximate surface area is 155 Å². The minimum Gasteiger partial charge on any atom is -0.465 e. The van der Waals surface area contributed by atoms with Gasteiger partial charge in [-0.15, -0.1) is 0 Å². The third kappa shape index (κ3) is 5.16. The number of methoxy groups -OCH3 is 1. The number of amides is 1. The Morgan fingerprint density at radius 1 is 1.19 bits per heavy atom. The molecule has 0 saturated heterocycles. The molecule has 2 rings (SSSR count). The zero-order chi connectivity index (χ0) is 19.3. The number of halogens is 1. The molecule has 2 aromatic rings. The van der Waals surface area contributed by atoms with Gasteiger partial charge in [0, 0.05) is 13.1 Å². The van der Waals surface area contributed by atoms with Crippen LogP contribution in [0.2, 0.25) is 5.15 Å². The molecule has 0 aromatic carbocycles. The van der Waals surface area contributed by atoms with Crippen molar-refractivity contribution in [2.24, 2.45) is 0 Å². The minimum absolute atomic E-state index is 0.114. The monoisotopic (exact) mass is 381 g/mol. The van der Waals surface area contributed by atoms with Crippen LogP contribution in [-0.4, -0.2) is 52.8 Å². The van der Waals surface area contributed by atoms with Gasteiger partial charge >= 0.3 is 12.1 Å². The van der Waals surface area contributed by atoms with Crippen molar-refractivity contribution in [2.45, 2.75) is 26.4 Å². The van der Waals surface area contributed by atoms with Gasteiger partial charge in [0.15, 0.2) is 5.82 Å². The molecule has 0 aliphatic carbocycles. The van der Waals surface area contributed by atoms with Crippen molar-refractivity contribution in [2.75, 3.05) is 25.5 Å². The molecule has 0 saturated carbocycles. The second-order valence-electron chi connectivity index (χ2n) is 6.26. The average Bonchev–Trinajstić information content (AvgIpc) is 2.56. The van der Waals surface area contributed by atoms with E-state index in [0.29, 0.717) is 29.9 Å². The molecule has 0 fully saturated rings. The Morgan fingerprint density at radius 2 is 1.92 bits per heavy atom. The molecule has 0 atom stereocenters. The number of hydrogen-bond donors (Lipinski definition) is 2. The van der Waals surface area contributed by atoms with E-state index in [1.54, 1.807) is 20.8 Å². The topological polar surface area (TPSA) is 115 Å². The molecule has 0 radical (unpaired) electrons. The number of carbonyl (C=O) groups is 2. The van der Waals surface area contributed by atoms with E-state index in [2.05, 4.69) is 25.6 Å². The van der Waals surface area contributed by atoms with Crippen LogP contribution in [0.25, 0.3) is 11.0 Å². The van der Waals surface area contributed by atoms with E-state index in [1.807, 2.05) is 0 Å². The highest BCUT2D eigenvalue weighted by molar-refractivity contribution is 6.30. The van der Waals surface area contributed by atoms with Crippen LogP contribution in [0.3, 0.4) is 0 Å². The zero-order valence-corrected chi connectivity index (χ0v) is 15.7. The Morgan fingerprint density at radius 3 is 2.58 bits per heavy atom. The van der Waals surface area contributed by atoms with Crippen molar-refractivity contribution in [1.82, 2.24) is 20.3 Å². The third-order valence-corrected chi connectivity index (χ3v) is 3.24. The van der Waals surface area contributed by atoms with E-state index in [1.165, 1.54) is 19.5 Å². The first-order valence-corrected chi connectivity index (χ1v) is 8.19. The first-order valence-electron chi connectivity index (χ1n) is 7.81. The van der Waals surface area contributed by atoms with Gasteiger partial charge in [0.2, 0.25) is 0 Å². The van der Waals surface area contributed by atoms with Crippen molar-refractivity contribution >= 4 is 40.5 Å². The van der Waals surface area contributed by atoms with E-state index in [9.17, 15) is 9.59 Å². The first kappa shape index (κ1) is 19.6. The lowest BCUT2D eigenvalue weighted by atomic mass is 10.2. The summed E-state index contributed by atoms with van der Waals surface area (Å²) < 4.78 is 9.88. The molecule has 2 N–H and O–H groups in total. The number of rotatable bonds is 5. The maximum Gasteiger partial charge on any atom is 0.407 e. The molecule has 140 valence electrons. The van der Waals surface area contributed by atoms with Gasteiger partial charge in [-0.05, 0) is 26.8 Å². The summed E-state index contributed by atoms with van der Waals surface area (Å²) in [5.41, 5.74) is 0.280. The number of ether oxygens (including phenoxy) is 2. The van der Waals surface area contributed by atoms with Gasteiger partial charge in [0.25, 0.3) is 0 Å². The Bertz CT molecular complexity index is 822. The summed E-state index contributed by atoms with van der Waals surface area (Å²) in [5.74, 6) is -0.191. The van der Waals surface area contributed by atoms with Crippen molar-refractivity contribution in [3.63, 3.8) is 0 Å². The van der Waals surface area contributed by atoms with Crippen molar-refractivity contribution in [1.29, 1.82) is 0 Å². The Hall–Kier alpha value is -2.68. The van der Waals surface area contributed by atoms with Crippen molar-refractivity contribution in [3.05, 3.63) is 23.1 Å². The molecule has 10 heteroatoms. The Kier molecular flexibility index (Phi) is 6.14. The zero-order valence-electron chi connectivity index (χ0n) is 14.9. The molecule has 0 unspecified atom stereocenters. The Balaban J connectivity index is 2.10. The molecule has 0 bridgehead atoms. The number of nitrogens with zero attached hydrogens (tertiary/aromatic N) is 3. The first-order chi connectivity index (χ1) is 12.2. The number of anilines is 1. The summed E-state index contributed by atoms with van der Waals surface area (Å²) in [4.78, 5) is 35.9. The maximum absolute atomic E-state index is 11.9. The second kappa shape index (κ2) is 8.13. The quantitative estimate of drug-likeness (QED) is 0.461. The van der Waals surface area contributed by atoms with Crippen LogP contribution in [0.15, 0.2) is 12.4 Å². The second-order valence-corrected chi connectivity index (χ2v) is 6.65. The van der Waals surface area contributed by atoms with E-state index < -0.39 is 17.7 Å². The molecule has 26 heavy (non-hydrogen) atoms. The van der Waals surface area contributed by atoms with Crippen LogP contribution < -0.4 is 10.6 Å². The van der Waals surface area contributed by atoms with Gasteiger partial charge in [0.1, 0.15) is 28.1 Å². The molecule has 2 aromatic heterocycles. The van der Waals surface area contributed by atoms with Crippen LogP contribution in [0.4, 0.5) is 10.6 Å². The van der Waals surface area contributed by atoms with Gasteiger partial charge in [-0.25, -0.2) is 24.5 Å². The predicted octanol–water partition coefficient (Wildman–Crippen LogP) is 2.40. The predicted molar refractivity (Wildman–Crippen MR) is 96.4 cm³/mol. The van der Waals surface area contributed by atoms with Gasteiger partial charge in [-0.1, -0.05) is 11.6 Å². The summed E-state index contributed by atoms with van der Waals surface area (Å²) in [6, 6.07) is 1.39. The molecule has 1 amide bonds. The van der Waals surface area contributed by atoms with E-state index >= 15 is 0 Å². The smallest absolute Gasteiger partial charge is 0.407 e. The minimum atomic E-state index is -0.574. The summed E-state index contributed by atoms with van der Waals surface area (Å²) in [6.45, 7) is 6.00. The summed E-state index contributed by atoms with van der Waals surface area (Å²) in [5, 5.41) is 5.76. The molecule has 0 spiro atoms. The van der Waals surface area contributed by atoms with Crippen LogP contribution in [0.5, 0.6) is 0 Å². The van der Waals surface area contributed by atoms with Crippen molar-refractivity contribution < 1.29 is 19.1 Å². The number of alkyl carbamates (subject to hydrolysis) is 1. The molecule has 0 aliphatic heterocycles. The number of fused-ring (bicyclic) bond motifs is 1. The van der Waals surface area contributed by atoms with Gasteiger partial charge in [-0.2, -0.15) is 0 Å². The fourth-order valence-corrected chi connectivity index (χ4v) is 2.26. The lowest BCUT2D eigenvalue weighted by Crippen LogP contribution is -2.35. The molecular formula is C16H20ClN5O4. The highest BCUT2D eigenvalue weighted by Crippen LogP contribution is 2.24.